The van der Waals surface area contributed by atoms with Crippen LogP contribution < -0.4 is 21.3 Å². The standard InChI is InChI=1S/C21H28N6O3/c1-2-30-19(28)21(7-8-21)26-18-15(13-22)14-23-20(25-18)24-16-3-5-17(6-4-16)27-9-11-29-12-10-27/h3-6,14H,2,7-13,22H2,1H3,(H2,23,24,25,26). The van der Waals surface area contributed by atoms with Gasteiger partial charge in [-0.05, 0) is 44.0 Å². The van der Waals surface area contributed by atoms with Crippen molar-refractivity contribution in [3.8, 4) is 0 Å². The van der Waals surface area contributed by atoms with Crippen LogP contribution in [0.5, 0.6) is 0 Å². The summed E-state index contributed by atoms with van der Waals surface area (Å²) in [6.45, 7) is 5.73. The molecule has 4 N–H and O–H groups in total. The molecule has 1 saturated carbocycles. The molecule has 0 amide bonds. The van der Waals surface area contributed by atoms with Crippen LogP contribution in [0.25, 0.3) is 0 Å². The zero-order chi connectivity index (χ0) is 21.0. The van der Waals surface area contributed by atoms with Gasteiger partial charge in [0.15, 0.2) is 0 Å². The van der Waals surface area contributed by atoms with Crippen molar-refractivity contribution in [2.75, 3.05) is 48.4 Å². The summed E-state index contributed by atoms with van der Waals surface area (Å²) in [5.74, 6) is 0.749. The number of esters is 1. The van der Waals surface area contributed by atoms with E-state index in [1.54, 1.807) is 13.1 Å². The van der Waals surface area contributed by atoms with E-state index in [-0.39, 0.29) is 12.5 Å². The Morgan fingerprint density at radius 2 is 2.00 bits per heavy atom. The highest BCUT2D eigenvalue weighted by atomic mass is 16.5. The molecule has 160 valence electrons. The van der Waals surface area contributed by atoms with Crippen molar-refractivity contribution in [1.82, 2.24) is 9.97 Å². The van der Waals surface area contributed by atoms with E-state index in [1.807, 2.05) is 12.1 Å². The molecule has 1 aromatic heterocycles. The lowest BCUT2D eigenvalue weighted by atomic mass is 10.2. The van der Waals surface area contributed by atoms with Crippen LogP contribution in [0.1, 0.15) is 25.3 Å². The van der Waals surface area contributed by atoms with Crippen molar-refractivity contribution in [3.05, 3.63) is 36.0 Å². The van der Waals surface area contributed by atoms with Crippen LogP contribution in [0.4, 0.5) is 23.1 Å². The van der Waals surface area contributed by atoms with E-state index in [0.717, 1.165) is 43.2 Å². The van der Waals surface area contributed by atoms with Gasteiger partial charge in [0.1, 0.15) is 11.4 Å². The molecule has 1 aliphatic heterocycles. The SMILES string of the molecule is CCOC(=O)C1(Nc2nc(Nc3ccc(N4CCOCC4)cc3)ncc2CN)CC1. The van der Waals surface area contributed by atoms with Crippen molar-refractivity contribution in [2.24, 2.45) is 5.73 Å². The zero-order valence-corrected chi connectivity index (χ0v) is 17.2. The average molecular weight is 412 g/mol. The van der Waals surface area contributed by atoms with E-state index in [9.17, 15) is 4.79 Å². The van der Waals surface area contributed by atoms with Crippen molar-refractivity contribution in [2.45, 2.75) is 31.8 Å². The van der Waals surface area contributed by atoms with Gasteiger partial charge in [0.2, 0.25) is 5.95 Å². The van der Waals surface area contributed by atoms with Crippen LogP contribution in [0.2, 0.25) is 0 Å². The van der Waals surface area contributed by atoms with Crippen molar-refractivity contribution in [1.29, 1.82) is 0 Å². The van der Waals surface area contributed by atoms with Crippen LogP contribution in [-0.4, -0.2) is 54.4 Å². The van der Waals surface area contributed by atoms with Crippen molar-refractivity contribution in [3.63, 3.8) is 0 Å². The lowest BCUT2D eigenvalue weighted by Gasteiger charge is -2.28. The van der Waals surface area contributed by atoms with Gasteiger partial charge in [0.05, 0.1) is 19.8 Å². The van der Waals surface area contributed by atoms with E-state index in [4.69, 9.17) is 15.2 Å². The molecule has 2 aliphatic rings. The molecule has 30 heavy (non-hydrogen) atoms. The molecule has 0 atom stereocenters. The molecule has 1 saturated heterocycles. The van der Waals surface area contributed by atoms with Gasteiger partial charge in [-0.2, -0.15) is 4.98 Å². The lowest BCUT2D eigenvalue weighted by Crippen LogP contribution is -2.36. The number of carbonyl (C=O) groups excluding carboxylic acids is 1. The van der Waals surface area contributed by atoms with E-state index >= 15 is 0 Å². The van der Waals surface area contributed by atoms with Crippen LogP contribution in [0.15, 0.2) is 30.5 Å². The molecule has 1 aliphatic carbocycles. The fraction of sp³-hybridized carbons (Fsp3) is 0.476. The number of aromatic nitrogens is 2. The van der Waals surface area contributed by atoms with Gasteiger partial charge in [0.25, 0.3) is 0 Å². The number of hydrogen-bond acceptors (Lipinski definition) is 9. The molecule has 9 nitrogen and oxygen atoms in total. The summed E-state index contributed by atoms with van der Waals surface area (Å²) in [6, 6.07) is 8.14. The summed E-state index contributed by atoms with van der Waals surface area (Å²) >= 11 is 0. The molecule has 0 radical (unpaired) electrons. The molecule has 0 unspecified atom stereocenters. The molecule has 2 fully saturated rings. The van der Waals surface area contributed by atoms with E-state index < -0.39 is 5.54 Å². The summed E-state index contributed by atoms with van der Waals surface area (Å²) in [5, 5.41) is 6.47. The lowest BCUT2D eigenvalue weighted by molar-refractivity contribution is -0.145. The Balaban J connectivity index is 1.47. The Bertz CT molecular complexity index is 879. The number of benzene rings is 1. The Morgan fingerprint density at radius 1 is 1.27 bits per heavy atom. The van der Waals surface area contributed by atoms with Crippen LogP contribution in [0.3, 0.4) is 0 Å². The quantitative estimate of drug-likeness (QED) is 0.560. The second kappa shape index (κ2) is 8.85. The van der Waals surface area contributed by atoms with Crippen LogP contribution in [-0.2, 0) is 20.8 Å². The van der Waals surface area contributed by atoms with Gasteiger partial charge in [0, 0.05) is 42.8 Å². The number of ether oxygens (including phenoxy) is 2. The Morgan fingerprint density at radius 3 is 2.63 bits per heavy atom. The van der Waals surface area contributed by atoms with Gasteiger partial charge < -0.3 is 30.7 Å². The number of hydrogen-bond donors (Lipinski definition) is 3. The third kappa shape index (κ3) is 4.47. The Kier molecular flexibility index (Phi) is 6.01. The predicted octanol–water partition coefficient (Wildman–Crippen LogP) is 2.02. The summed E-state index contributed by atoms with van der Waals surface area (Å²) in [4.78, 5) is 23.5. The summed E-state index contributed by atoms with van der Waals surface area (Å²) < 4.78 is 10.6. The molecule has 2 aromatic rings. The van der Waals surface area contributed by atoms with Gasteiger partial charge in [-0.25, -0.2) is 9.78 Å². The molecule has 4 rings (SSSR count). The molecule has 0 spiro atoms. The molecule has 9 heteroatoms. The van der Waals surface area contributed by atoms with Gasteiger partial charge in [-0.3, -0.25) is 0 Å². The van der Waals surface area contributed by atoms with Crippen molar-refractivity contribution < 1.29 is 14.3 Å². The number of anilines is 4. The molecule has 0 bridgehead atoms. The number of morpholine rings is 1. The first-order valence-electron chi connectivity index (χ1n) is 10.3. The summed E-state index contributed by atoms with van der Waals surface area (Å²) in [5.41, 5.74) is 7.93. The average Bonchev–Trinajstić information content (AvgIpc) is 3.56. The predicted molar refractivity (Wildman–Crippen MR) is 115 cm³/mol. The maximum Gasteiger partial charge on any atom is 0.331 e. The second-order valence-electron chi connectivity index (χ2n) is 7.47. The topological polar surface area (TPSA) is 115 Å². The number of rotatable bonds is 8. The number of nitrogens with zero attached hydrogens (tertiary/aromatic N) is 3. The highest BCUT2D eigenvalue weighted by Gasteiger charge is 2.52. The normalized spacial score (nSPS) is 17.3. The Labute approximate surface area is 176 Å². The third-order valence-electron chi connectivity index (χ3n) is 5.36. The van der Waals surface area contributed by atoms with Gasteiger partial charge in [-0.1, -0.05) is 0 Å². The molecular formula is C21H28N6O3. The molecular weight excluding hydrogens is 384 g/mol. The van der Waals surface area contributed by atoms with E-state index in [1.165, 1.54) is 0 Å². The van der Waals surface area contributed by atoms with Gasteiger partial charge in [-0.15, -0.1) is 0 Å². The van der Waals surface area contributed by atoms with E-state index in [0.29, 0.717) is 31.2 Å². The minimum Gasteiger partial charge on any atom is -0.464 e. The summed E-state index contributed by atoms with van der Waals surface area (Å²) in [6.07, 6.45) is 3.11. The highest BCUT2D eigenvalue weighted by Crippen LogP contribution is 2.40. The monoisotopic (exact) mass is 412 g/mol. The Hall–Kier alpha value is -2.91. The van der Waals surface area contributed by atoms with Crippen LogP contribution >= 0.6 is 0 Å². The minimum absolute atomic E-state index is 0.250. The largest absolute Gasteiger partial charge is 0.464 e. The zero-order valence-electron chi connectivity index (χ0n) is 17.2. The first-order chi connectivity index (χ1) is 14.6. The molecule has 2 heterocycles. The number of nitrogens with one attached hydrogen (secondary N) is 2. The maximum atomic E-state index is 12.3. The number of carbonyl (C=O) groups is 1. The minimum atomic E-state index is -0.703. The van der Waals surface area contributed by atoms with Crippen LogP contribution in [0, 0.1) is 0 Å². The first-order valence-corrected chi connectivity index (χ1v) is 10.3. The third-order valence-corrected chi connectivity index (χ3v) is 5.36. The number of nitrogens with two attached hydrogens (primary N) is 1. The fourth-order valence-electron chi connectivity index (χ4n) is 3.43. The summed E-state index contributed by atoms with van der Waals surface area (Å²) in [7, 11) is 0. The maximum absolute atomic E-state index is 12.3. The highest BCUT2D eigenvalue weighted by molar-refractivity contribution is 5.88. The smallest absolute Gasteiger partial charge is 0.331 e. The fourth-order valence-corrected chi connectivity index (χ4v) is 3.43. The van der Waals surface area contributed by atoms with Gasteiger partial charge >= 0.3 is 5.97 Å². The van der Waals surface area contributed by atoms with Crippen molar-refractivity contribution >= 4 is 29.1 Å². The molecule has 1 aromatic carbocycles. The first kappa shape index (κ1) is 20.4. The second-order valence-corrected chi connectivity index (χ2v) is 7.47. The van der Waals surface area contributed by atoms with E-state index in [2.05, 4.69) is 37.6 Å².